The van der Waals surface area contributed by atoms with Gasteiger partial charge in [0, 0.05) is 6.04 Å². The Morgan fingerprint density at radius 1 is 1.00 bits per heavy atom. The van der Waals surface area contributed by atoms with Gasteiger partial charge in [0.05, 0.1) is 0 Å². The van der Waals surface area contributed by atoms with Gasteiger partial charge in [-0.2, -0.15) is 0 Å². The Hall–Kier alpha value is -1.86. The minimum Gasteiger partial charge on any atom is -0.324 e. The molecule has 0 bridgehead atoms. The molecular weight excluding hydrogens is 278 g/mol. The van der Waals surface area contributed by atoms with Crippen LogP contribution in [0, 0.1) is 27.7 Å². The van der Waals surface area contributed by atoms with E-state index in [1.807, 2.05) is 0 Å². The summed E-state index contributed by atoms with van der Waals surface area (Å²) in [6.45, 7) is 15.1. The van der Waals surface area contributed by atoms with Gasteiger partial charge < -0.3 is 5.73 Å². The zero-order valence-electron chi connectivity index (χ0n) is 15.5. The summed E-state index contributed by atoms with van der Waals surface area (Å²) >= 11 is 0. The van der Waals surface area contributed by atoms with Crippen LogP contribution in [-0.2, 0) is 0 Å². The van der Waals surface area contributed by atoms with E-state index in [0.29, 0.717) is 0 Å². The van der Waals surface area contributed by atoms with Crippen molar-refractivity contribution in [3.63, 3.8) is 0 Å². The first-order chi connectivity index (χ1) is 10.8. The van der Waals surface area contributed by atoms with Crippen LogP contribution in [0.5, 0.6) is 0 Å². The molecule has 122 valence electrons. The topological polar surface area (TPSA) is 26.0 Å². The smallest absolute Gasteiger partial charge is 0.0272 e. The molecule has 23 heavy (non-hydrogen) atoms. The predicted molar refractivity (Wildman–Crippen MR) is 103 cm³/mol. The first-order valence-electron chi connectivity index (χ1n) is 8.37. The summed E-state index contributed by atoms with van der Waals surface area (Å²) in [7, 11) is 0. The van der Waals surface area contributed by atoms with E-state index in [-0.39, 0.29) is 6.04 Å². The van der Waals surface area contributed by atoms with E-state index in [1.165, 1.54) is 50.1 Å². The fourth-order valence-electron chi connectivity index (χ4n) is 3.37. The van der Waals surface area contributed by atoms with Crippen molar-refractivity contribution in [1.82, 2.24) is 0 Å². The second-order valence-corrected chi connectivity index (χ2v) is 6.79. The Morgan fingerprint density at radius 2 is 1.57 bits per heavy atom. The Morgan fingerprint density at radius 3 is 2.04 bits per heavy atom. The van der Waals surface area contributed by atoms with Crippen LogP contribution >= 0.6 is 0 Å². The van der Waals surface area contributed by atoms with E-state index < -0.39 is 0 Å². The molecule has 1 nitrogen and oxygen atoms in total. The van der Waals surface area contributed by atoms with Crippen LogP contribution in [0.4, 0.5) is 0 Å². The summed E-state index contributed by atoms with van der Waals surface area (Å²) in [5, 5.41) is 0. The average Bonchev–Trinajstić information content (AvgIpc) is 2.47. The van der Waals surface area contributed by atoms with Gasteiger partial charge in [-0.1, -0.05) is 41.5 Å². The standard InChI is InChI=1S/C22H29N/c1-8-15(4)21-17(6)16(5)12-20(18(7)23)22(21)19-10-13(2)9-14(3)11-19/h8-12,18H,23H2,1-7H3/b15-8+. The quantitative estimate of drug-likeness (QED) is 0.736. The van der Waals surface area contributed by atoms with Crippen LogP contribution in [0.2, 0.25) is 0 Å². The molecule has 2 rings (SSSR count). The Labute approximate surface area is 141 Å². The van der Waals surface area contributed by atoms with Gasteiger partial charge in [0.15, 0.2) is 0 Å². The number of nitrogens with two attached hydrogens (primary N) is 1. The lowest BCUT2D eigenvalue weighted by Crippen LogP contribution is -2.10. The number of hydrogen-bond donors (Lipinski definition) is 1. The first kappa shape index (κ1) is 17.5. The van der Waals surface area contributed by atoms with Gasteiger partial charge in [-0.25, -0.2) is 0 Å². The molecule has 0 aliphatic heterocycles. The predicted octanol–water partition coefficient (Wildman–Crippen LogP) is 6.03. The maximum absolute atomic E-state index is 6.34. The fraction of sp³-hybridized carbons (Fsp3) is 0.364. The van der Waals surface area contributed by atoms with Gasteiger partial charge in [-0.3, -0.25) is 0 Å². The minimum absolute atomic E-state index is 0.00789. The van der Waals surface area contributed by atoms with Crippen molar-refractivity contribution in [2.75, 3.05) is 0 Å². The molecule has 1 heteroatoms. The van der Waals surface area contributed by atoms with Gasteiger partial charge in [0.2, 0.25) is 0 Å². The molecule has 0 aliphatic carbocycles. The molecule has 2 N–H and O–H groups in total. The van der Waals surface area contributed by atoms with Gasteiger partial charge in [0.1, 0.15) is 0 Å². The SMILES string of the molecule is C/C=C(\C)c1c(C)c(C)cc(C(C)N)c1-c1cc(C)cc(C)c1. The maximum atomic E-state index is 6.34. The number of allylic oxidation sites excluding steroid dienone is 2. The molecular formula is C22H29N. The van der Waals surface area contributed by atoms with Gasteiger partial charge in [-0.15, -0.1) is 0 Å². The van der Waals surface area contributed by atoms with Crippen LogP contribution < -0.4 is 5.73 Å². The highest BCUT2D eigenvalue weighted by molar-refractivity contribution is 5.86. The highest BCUT2D eigenvalue weighted by Crippen LogP contribution is 2.39. The molecule has 0 aliphatic rings. The van der Waals surface area contributed by atoms with E-state index in [0.717, 1.165) is 0 Å². The lowest BCUT2D eigenvalue weighted by atomic mass is 9.83. The average molecular weight is 307 g/mol. The number of aryl methyl sites for hydroxylation is 3. The van der Waals surface area contributed by atoms with Crippen molar-refractivity contribution in [3.8, 4) is 11.1 Å². The maximum Gasteiger partial charge on any atom is 0.0272 e. The third-order valence-corrected chi connectivity index (χ3v) is 4.71. The largest absolute Gasteiger partial charge is 0.324 e. The van der Waals surface area contributed by atoms with E-state index >= 15 is 0 Å². The van der Waals surface area contributed by atoms with Crippen molar-refractivity contribution in [2.24, 2.45) is 5.73 Å². The highest BCUT2D eigenvalue weighted by Gasteiger charge is 2.19. The molecule has 0 spiro atoms. The lowest BCUT2D eigenvalue weighted by Gasteiger charge is -2.23. The first-order valence-corrected chi connectivity index (χ1v) is 8.37. The highest BCUT2D eigenvalue weighted by atomic mass is 14.6. The summed E-state index contributed by atoms with van der Waals surface area (Å²) in [5.74, 6) is 0. The van der Waals surface area contributed by atoms with Gasteiger partial charge in [-0.05, 0) is 87.4 Å². The van der Waals surface area contributed by atoms with Crippen molar-refractivity contribution < 1.29 is 0 Å². The van der Waals surface area contributed by atoms with Gasteiger partial charge >= 0.3 is 0 Å². The Balaban J connectivity index is 2.96. The second-order valence-electron chi connectivity index (χ2n) is 6.79. The van der Waals surface area contributed by atoms with E-state index in [4.69, 9.17) is 5.73 Å². The van der Waals surface area contributed by atoms with E-state index in [1.54, 1.807) is 0 Å². The molecule has 0 fully saturated rings. The lowest BCUT2D eigenvalue weighted by molar-refractivity contribution is 0.817. The fourth-order valence-corrected chi connectivity index (χ4v) is 3.37. The minimum atomic E-state index is 0.00789. The molecule has 0 saturated carbocycles. The third kappa shape index (κ3) is 3.40. The Kier molecular flexibility index (Phi) is 5.11. The number of rotatable bonds is 3. The second kappa shape index (κ2) is 6.72. The summed E-state index contributed by atoms with van der Waals surface area (Å²) < 4.78 is 0. The van der Waals surface area contributed by atoms with Crippen LogP contribution in [0.3, 0.4) is 0 Å². The van der Waals surface area contributed by atoms with Crippen LogP contribution in [-0.4, -0.2) is 0 Å². The van der Waals surface area contributed by atoms with Gasteiger partial charge in [0.25, 0.3) is 0 Å². The molecule has 2 aromatic rings. The number of benzene rings is 2. The van der Waals surface area contributed by atoms with Crippen molar-refractivity contribution in [1.29, 1.82) is 0 Å². The zero-order valence-corrected chi connectivity index (χ0v) is 15.5. The van der Waals surface area contributed by atoms with Crippen molar-refractivity contribution in [2.45, 2.75) is 54.5 Å². The Bertz CT molecular complexity index is 744. The summed E-state index contributed by atoms with van der Waals surface area (Å²) in [5.41, 5.74) is 18.0. The number of hydrogen-bond acceptors (Lipinski definition) is 1. The van der Waals surface area contributed by atoms with Crippen LogP contribution in [0.15, 0.2) is 30.3 Å². The van der Waals surface area contributed by atoms with Crippen LogP contribution in [0.25, 0.3) is 16.7 Å². The third-order valence-electron chi connectivity index (χ3n) is 4.71. The molecule has 0 saturated heterocycles. The molecule has 2 aromatic carbocycles. The van der Waals surface area contributed by atoms with E-state index in [9.17, 15) is 0 Å². The van der Waals surface area contributed by atoms with E-state index in [2.05, 4.69) is 78.8 Å². The molecule has 0 aromatic heterocycles. The van der Waals surface area contributed by atoms with Crippen molar-refractivity contribution >= 4 is 5.57 Å². The molecule has 0 radical (unpaired) electrons. The van der Waals surface area contributed by atoms with Crippen LogP contribution in [0.1, 0.15) is 60.2 Å². The molecule has 1 unspecified atom stereocenters. The normalized spacial score (nSPS) is 13.3. The molecule has 1 atom stereocenters. The monoisotopic (exact) mass is 307 g/mol. The summed E-state index contributed by atoms with van der Waals surface area (Å²) in [4.78, 5) is 0. The molecule has 0 heterocycles. The van der Waals surface area contributed by atoms with Crippen molar-refractivity contribution in [3.05, 3.63) is 63.7 Å². The summed E-state index contributed by atoms with van der Waals surface area (Å²) in [6, 6.07) is 9.04. The zero-order chi connectivity index (χ0) is 17.3. The summed E-state index contributed by atoms with van der Waals surface area (Å²) in [6.07, 6.45) is 2.19. The molecule has 0 amide bonds.